The highest BCUT2D eigenvalue weighted by Gasteiger charge is 2.39. The minimum Gasteiger partial charge on any atom is -0.499 e. The van der Waals surface area contributed by atoms with Gasteiger partial charge in [0.2, 0.25) is 0 Å². The molecule has 0 aromatic heterocycles. The molecule has 6 nitrogen and oxygen atoms in total. The molecule has 0 aromatic carbocycles. The third-order valence-electron chi connectivity index (χ3n) is 3.03. The summed E-state index contributed by atoms with van der Waals surface area (Å²) in [6.45, 7) is 11.3. The normalized spacial score (nSPS) is 13.6. The Hall–Kier alpha value is -0.443. The minimum absolute atomic E-state index is 0.305. The van der Waals surface area contributed by atoms with E-state index in [-0.39, 0.29) is 0 Å². The predicted octanol–water partition coefficient (Wildman–Crippen LogP) is 2.32. The molecule has 0 radical (unpaired) electrons. The maximum absolute atomic E-state index is 9.77. The van der Waals surface area contributed by atoms with Crippen molar-refractivity contribution in [2.45, 2.75) is 52.7 Å². The first-order valence-corrected chi connectivity index (χ1v) is 10.6. The molecule has 0 saturated carbocycles. The molecule has 0 heterocycles. The summed E-state index contributed by atoms with van der Waals surface area (Å²) in [7, 11) is -2.54. The Morgan fingerprint density at radius 1 is 1.04 bits per heavy atom. The van der Waals surface area contributed by atoms with Gasteiger partial charge in [-0.3, -0.25) is 0 Å². The Labute approximate surface area is 142 Å². The number of rotatable bonds is 16. The Balaban J connectivity index is 3.94. The minimum atomic E-state index is -2.54. The van der Waals surface area contributed by atoms with Gasteiger partial charge in [0.1, 0.15) is 12.7 Å². The Morgan fingerprint density at radius 3 is 2.17 bits per heavy atom. The standard InChI is InChI=1S/C16H35NO5Si/c1-5-9-12-19-15-16(18)14-17-11-10-13-23(20-6-2,21-7-3)22-8-4/h9,12,16-18H,5-8,10-11,13-15H2,1-4H3. The number of aliphatic hydroxyl groups is 1. The summed E-state index contributed by atoms with van der Waals surface area (Å²) in [6.07, 6.45) is 4.86. The van der Waals surface area contributed by atoms with E-state index in [1.165, 1.54) is 0 Å². The quantitative estimate of drug-likeness (QED) is 0.253. The highest BCUT2D eigenvalue weighted by molar-refractivity contribution is 6.60. The van der Waals surface area contributed by atoms with Gasteiger partial charge in [-0.05, 0) is 40.2 Å². The summed E-state index contributed by atoms with van der Waals surface area (Å²) >= 11 is 0. The van der Waals surface area contributed by atoms with Crippen LogP contribution in [0.2, 0.25) is 6.04 Å². The molecule has 138 valence electrons. The van der Waals surface area contributed by atoms with Crippen molar-refractivity contribution in [2.75, 3.05) is 39.5 Å². The molecule has 0 bridgehead atoms. The van der Waals surface area contributed by atoms with Gasteiger partial charge in [-0.2, -0.15) is 0 Å². The van der Waals surface area contributed by atoms with E-state index in [0.29, 0.717) is 33.0 Å². The fourth-order valence-electron chi connectivity index (χ4n) is 2.09. The third-order valence-corrected chi connectivity index (χ3v) is 6.18. The summed E-state index contributed by atoms with van der Waals surface area (Å²) in [6, 6.07) is 0.779. The zero-order chi connectivity index (χ0) is 17.4. The van der Waals surface area contributed by atoms with Gasteiger partial charge in [0.25, 0.3) is 0 Å². The van der Waals surface area contributed by atoms with Gasteiger partial charge < -0.3 is 28.4 Å². The SMILES string of the molecule is CCC=COCC(O)CNCCC[Si](OCC)(OCC)OCC. The molecule has 0 aromatic rings. The Morgan fingerprint density at radius 2 is 1.65 bits per heavy atom. The van der Waals surface area contributed by atoms with Crippen molar-refractivity contribution in [1.29, 1.82) is 0 Å². The zero-order valence-corrected chi connectivity index (χ0v) is 16.2. The lowest BCUT2D eigenvalue weighted by Crippen LogP contribution is -2.46. The smallest absolute Gasteiger partial charge is 0.499 e. The van der Waals surface area contributed by atoms with Crippen molar-refractivity contribution < 1.29 is 23.1 Å². The number of ether oxygens (including phenoxy) is 1. The summed E-state index contributed by atoms with van der Waals surface area (Å²) in [5.74, 6) is 0. The second-order valence-electron chi connectivity index (χ2n) is 5.06. The van der Waals surface area contributed by atoms with E-state index < -0.39 is 14.9 Å². The summed E-state index contributed by atoms with van der Waals surface area (Å²) < 4.78 is 22.6. The lowest BCUT2D eigenvalue weighted by molar-refractivity contribution is 0.0702. The van der Waals surface area contributed by atoms with Crippen LogP contribution in [0.1, 0.15) is 40.5 Å². The van der Waals surface area contributed by atoms with Crippen LogP contribution in [0.15, 0.2) is 12.3 Å². The second kappa shape index (κ2) is 15.1. The van der Waals surface area contributed by atoms with Crippen molar-refractivity contribution in [3.8, 4) is 0 Å². The van der Waals surface area contributed by atoms with Crippen LogP contribution in [0.25, 0.3) is 0 Å². The van der Waals surface area contributed by atoms with Gasteiger partial charge in [-0.15, -0.1) is 0 Å². The molecule has 23 heavy (non-hydrogen) atoms. The fraction of sp³-hybridized carbons (Fsp3) is 0.875. The highest BCUT2D eigenvalue weighted by Crippen LogP contribution is 2.17. The van der Waals surface area contributed by atoms with Crippen LogP contribution >= 0.6 is 0 Å². The molecule has 0 aliphatic rings. The molecule has 1 atom stereocenters. The van der Waals surface area contributed by atoms with E-state index in [0.717, 1.165) is 25.4 Å². The second-order valence-corrected chi connectivity index (χ2v) is 7.79. The van der Waals surface area contributed by atoms with Gasteiger partial charge in [-0.1, -0.05) is 13.0 Å². The van der Waals surface area contributed by atoms with Crippen molar-refractivity contribution in [3.05, 3.63) is 12.3 Å². The number of hydrogen-bond donors (Lipinski definition) is 2. The molecule has 0 rings (SSSR count). The monoisotopic (exact) mass is 349 g/mol. The van der Waals surface area contributed by atoms with Crippen LogP contribution in [0.4, 0.5) is 0 Å². The van der Waals surface area contributed by atoms with E-state index in [2.05, 4.69) is 5.32 Å². The lowest BCUT2D eigenvalue weighted by atomic mass is 10.3. The average Bonchev–Trinajstić information content (AvgIpc) is 2.52. The number of aliphatic hydroxyl groups excluding tert-OH is 1. The predicted molar refractivity (Wildman–Crippen MR) is 94.3 cm³/mol. The molecule has 0 amide bonds. The number of allylic oxidation sites excluding steroid dienone is 1. The van der Waals surface area contributed by atoms with Gasteiger partial charge in [-0.25, -0.2) is 0 Å². The number of nitrogens with one attached hydrogen (secondary N) is 1. The van der Waals surface area contributed by atoms with Gasteiger partial charge in [0, 0.05) is 32.4 Å². The highest BCUT2D eigenvalue weighted by atomic mass is 28.4. The average molecular weight is 350 g/mol. The first-order chi connectivity index (χ1) is 11.1. The molecule has 0 fully saturated rings. The van der Waals surface area contributed by atoms with Crippen LogP contribution in [0, 0.1) is 0 Å². The maximum Gasteiger partial charge on any atom is 0.500 e. The van der Waals surface area contributed by atoms with Crippen LogP contribution in [0.3, 0.4) is 0 Å². The van der Waals surface area contributed by atoms with E-state index >= 15 is 0 Å². The van der Waals surface area contributed by atoms with Gasteiger partial charge >= 0.3 is 8.80 Å². The third kappa shape index (κ3) is 11.7. The first kappa shape index (κ1) is 22.6. The molecule has 0 aliphatic carbocycles. The topological polar surface area (TPSA) is 69.2 Å². The molecule has 7 heteroatoms. The van der Waals surface area contributed by atoms with Crippen LogP contribution in [0.5, 0.6) is 0 Å². The van der Waals surface area contributed by atoms with Crippen molar-refractivity contribution in [2.24, 2.45) is 0 Å². The Bertz CT molecular complexity index is 275. The van der Waals surface area contributed by atoms with E-state index in [4.69, 9.17) is 18.0 Å². The van der Waals surface area contributed by atoms with Crippen LogP contribution in [-0.2, 0) is 18.0 Å². The first-order valence-electron chi connectivity index (χ1n) is 8.71. The Kier molecular flexibility index (Phi) is 14.8. The van der Waals surface area contributed by atoms with Gasteiger partial charge in [0.15, 0.2) is 0 Å². The molecule has 1 unspecified atom stereocenters. The molecule has 0 spiro atoms. The molecule has 0 aliphatic heterocycles. The molecule has 2 N–H and O–H groups in total. The summed E-state index contributed by atoms with van der Waals surface area (Å²) in [4.78, 5) is 0. The van der Waals surface area contributed by atoms with Crippen LogP contribution < -0.4 is 5.32 Å². The maximum atomic E-state index is 9.77. The lowest BCUT2D eigenvalue weighted by Gasteiger charge is -2.28. The molecular weight excluding hydrogens is 314 g/mol. The van der Waals surface area contributed by atoms with E-state index in [9.17, 15) is 5.11 Å². The summed E-state index contributed by atoms with van der Waals surface area (Å²) in [5.41, 5.74) is 0. The zero-order valence-electron chi connectivity index (χ0n) is 15.2. The largest absolute Gasteiger partial charge is 0.500 e. The fourth-order valence-corrected chi connectivity index (χ4v) is 4.70. The molecule has 0 saturated heterocycles. The van der Waals surface area contributed by atoms with Crippen molar-refractivity contribution in [3.63, 3.8) is 0 Å². The summed E-state index contributed by atoms with van der Waals surface area (Å²) in [5, 5.41) is 13.0. The number of hydrogen-bond acceptors (Lipinski definition) is 6. The van der Waals surface area contributed by atoms with Gasteiger partial charge in [0.05, 0.1) is 6.26 Å². The van der Waals surface area contributed by atoms with E-state index in [1.807, 2.05) is 33.8 Å². The van der Waals surface area contributed by atoms with E-state index in [1.54, 1.807) is 6.26 Å². The van der Waals surface area contributed by atoms with Crippen molar-refractivity contribution >= 4 is 8.80 Å². The van der Waals surface area contributed by atoms with Crippen molar-refractivity contribution in [1.82, 2.24) is 5.32 Å². The van der Waals surface area contributed by atoms with Crippen LogP contribution in [-0.4, -0.2) is 59.5 Å². The molecular formula is C16H35NO5Si.